The van der Waals surface area contributed by atoms with Gasteiger partial charge in [-0.25, -0.2) is 0 Å². The van der Waals surface area contributed by atoms with Crippen LogP contribution in [0.5, 0.6) is 17.2 Å². The fourth-order valence-electron chi connectivity index (χ4n) is 2.13. The molecule has 2 rings (SSSR count). The molecule has 0 aliphatic rings. The first-order valence-corrected chi connectivity index (χ1v) is 7.92. The van der Waals surface area contributed by atoms with Crippen LogP contribution >= 0.6 is 0 Å². The number of methoxy groups -OCH3 is 1. The number of carbonyl (C=O) groups is 1. The molecular formula is C19H23NO4. The highest BCUT2D eigenvalue weighted by Crippen LogP contribution is 2.25. The van der Waals surface area contributed by atoms with Gasteiger partial charge in [0.15, 0.2) is 6.61 Å². The van der Waals surface area contributed by atoms with E-state index in [-0.39, 0.29) is 12.5 Å². The zero-order valence-electron chi connectivity index (χ0n) is 14.3. The molecule has 5 nitrogen and oxygen atoms in total. The Labute approximate surface area is 142 Å². The molecular weight excluding hydrogens is 306 g/mol. The van der Waals surface area contributed by atoms with Gasteiger partial charge in [-0.15, -0.1) is 0 Å². The number of hydrogen-bond acceptors (Lipinski definition) is 4. The second-order valence-corrected chi connectivity index (χ2v) is 5.36. The van der Waals surface area contributed by atoms with Crippen LogP contribution in [0.3, 0.4) is 0 Å². The largest absolute Gasteiger partial charge is 0.495 e. The molecule has 2 aromatic carbocycles. The van der Waals surface area contributed by atoms with Crippen molar-refractivity contribution in [3.05, 3.63) is 48.0 Å². The number of nitrogens with one attached hydrogen (secondary N) is 1. The molecule has 0 aliphatic heterocycles. The van der Waals surface area contributed by atoms with Gasteiger partial charge in [0.25, 0.3) is 5.91 Å². The minimum atomic E-state index is -0.251. The number of hydrogen-bond donors (Lipinski definition) is 1. The van der Waals surface area contributed by atoms with E-state index in [0.717, 1.165) is 17.7 Å². The van der Waals surface area contributed by atoms with Crippen molar-refractivity contribution in [1.82, 2.24) is 0 Å². The molecule has 0 unspecified atom stereocenters. The van der Waals surface area contributed by atoms with E-state index in [1.165, 1.54) is 0 Å². The van der Waals surface area contributed by atoms with E-state index < -0.39 is 0 Å². The number of anilines is 1. The predicted molar refractivity (Wildman–Crippen MR) is 94.1 cm³/mol. The van der Waals surface area contributed by atoms with Crippen LogP contribution in [0.25, 0.3) is 0 Å². The molecule has 0 heterocycles. The molecule has 1 amide bonds. The zero-order chi connectivity index (χ0) is 17.4. The van der Waals surface area contributed by atoms with Crippen LogP contribution in [0.15, 0.2) is 42.5 Å². The second-order valence-electron chi connectivity index (χ2n) is 5.36. The van der Waals surface area contributed by atoms with E-state index in [9.17, 15) is 4.79 Å². The molecule has 0 saturated carbocycles. The minimum Gasteiger partial charge on any atom is -0.495 e. The number of ether oxygens (including phenoxy) is 3. The molecule has 24 heavy (non-hydrogen) atoms. The van der Waals surface area contributed by atoms with Crippen molar-refractivity contribution in [2.24, 2.45) is 0 Å². The van der Waals surface area contributed by atoms with E-state index >= 15 is 0 Å². The maximum absolute atomic E-state index is 12.1. The van der Waals surface area contributed by atoms with Gasteiger partial charge in [-0.05, 0) is 43.2 Å². The number of amides is 1. The van der Waals surface area contributed by atoms with Crippen molar-refractivity contribution >= 4 is 11.6 Å². The summed E-state index contributed by atoms with van der Waals surface area (Å²) in [5.41, 5.74) is 1.67. The summed E-state index contributed by atoms with van der Waals surface area (Å²) in [4.78, 5) is 12.1. The summed E-state index contributed by atoms with van der Waals surface area (Å²) in [5, 5.41) is 2.80. The Balaban J connectivity index is 1.93. The van der Waals surface area contributed by atoms with Crippen LogP contribution < -0.4 is 19.5 Å². The Morgan fingerprint density at radius 3 is 2.54 bits per heavy atom. The van der Waals surface area contributed by atoms with E-state index in [4.69, 9.17) is 14.2 Å². The van der Waals surface area contributed by atoms with Gasteiger partial charge in [0, 0.05) is 6.07 Å². The molecule has 0 fully saturated rings. The average molecular weight is 329 g/mol. The van der Waals surface area contributed by atoms with E-state index in [1.807, 2.05) is 44.2 Å². The molecule has 0 bridgehead atoms. The summed E-state index contributed by atoms with van der Waals surface area (Å²) in [6.07, 6.45) is 0.936. The molecule has 128 valence electrons. The van der Waals surface area contributed by atoms with Crippen LogP contribution in [-0.4, -0.2) is 26.2 Å². The predicted octanol–water partition coefficient (Wildman–Crippen LogP) is 3.81. The van der Waals surface area contributed by atoms with E-state index in [1.54, 1.807) is 19.2 Å². The van der Waals surface area contributed by atoms with Gasteiger partial charge in [-0.3, -0.25) is 4.79 Å². The van der Waals surface area contributed by atoms with Crippen molar-refractivity contribution in [3.8, 4) is 17.2 Å². The van der Waals surface area contributed by atoms with Gasteiger partial charge in [-0.1, -0.05) is 19.1 Å². The Bertz CT molecular complexity index is 685. The molecule has 5 heteroatoms. The Morgan fingerprint density at radius 1 is 1.08 bits per heavy atom. The fraction of sp³-hybridized carbons (Fsp3) is 0.316. The lowest BCUT2D eigenvalue weighted by atomic mass is 10.2. The third-order valence-corrected chi connectivity index (χ3v) is 3.28. The normalized spacial score (nSPS) is 10.1. The number of carbonyl (C=O) groups excluding carboxylic acids is 1. The van der Waals surface area contributed by atoms with Crippen molar-refractivity contribution in [2.75, 3.05) is 25.6 Å². The number of aryl methyl sites for hydroxylation is 1. The van der Waals surface area contributed by atoms with Crippen LogP contribution in [0.2, 0.25) is 0 Å². The average Bonchev–Trinajstić information content (AvgIpc) is 2.59. The lowest BCUT2D eigenvalue weighted by Crippen LogP contribution is -2.20. The van der Waals surface area contributed by atoms with Crippen LogP contribution in [0, 0.1) is 6.92 Å². The number of rotatable bonds is 8. The van der Waals surface area contributed by atoms with Gasteiger partial charge in [0.1, 0.15) is 17.2 Å². The lowest BCUT2D eigenvalue weighted by molar-refractivity contribution is -0.118. The Morgan fingerprint density at radius 2 is 1.83 bits per heavy atom. The molecule has 0 spiro atoms. The van der Waals surface area contributed by atoms with Crippen molar-refractivity contribution in [2.45, 2.75) is 20.3 Å². The standard InChI is InChI=1S/C19H23NO4/c1-4-10-23-15-6-5-7-16(12-15)24-13-19(21)20-17-11-14(2)8-9-18(17)22-3/h5-9,11-12H,4,10,13H2,1-3H3,(H,20,21). The second kappa shape index (κ2) is 8.82. The lowest BCUT2D eigenvalue weighted by Gasteiger charge is -2.12. The Kier molecular flexibility index (Phi) is 6.49. The fourth-order valence-corrected chi connectivity index (χ4v) is 2.13. The first-order chi connectivity index (χ1) is 11.6. The highest BCUT2D eigenvalue weighted by Gasteiger charge is 2.09. The maximum Gasteiger partial charge on any atom is 0.262 e. The maximum atomic E-state index is 12.1. The topological polar surface area (TPSA) is 56.8 Å². The van der Waals surface area contributed by atoms with Crippen molar-refractivity contribution < 1.29 is 19.0 Å². The molecule has 2 aromatic rings. The SMILES string of the molecule is CCCOc1cccc(OCC(=O)Nc2cc(C)ccc2OC)c1. The van der Waals surface area contributed by atoms with Gasteiger partial charge < -0.3 is 19.5 Å². The first-order valence-electron chi connectivity index (χ1n) is 7.92. The Hall–Kier alpha value is -2.69. The third-order valence-electron chi connectivity index (χ3n) is 3.28. The van der Waals surface area contributed by atoms with Gasteiger partial charge in [-0.2, -0.15) is 0 Å². The van der Waals surface area contributed by atoms with Gasteiger partial charge >= 0.3 is 0 Å². The first kappa shape index (κ1) is 17.7. The molecule has 0 saturated heterocycles. The summed E-state index contributed by atoms with van der Waals surface area (Å²) < 4.78 is 16.3. The van der Waals surface area contributed by atoms with Gasteiger partial charge in [0.05, 0.1) is 19.4 Å². The summed E-state index contributed by atoms with van der Waals surface area (Å²) in [7, 11) is 1.57. The molecule has 0 aliphatic carbocycles. The summed E-state index contributed by atoms with van der Waals surface area (Å²) in [5.74, 6) is 1.69. The summed E-state index contributed by atoms with van der Waals surface area (Å²) in [6.45, 7) is 4.56. The van der Waals surface area contributed by atoms with Crippen LogP contribution in [0.4, 0.5) is 5.69 Å². The highest BCUT2D eigenvalue weighted by atomic mass is 16.5. The molecule has 1 N–H and O–H groups in total. The van der Waals surface area contributed by atoms with Crippen LogP contribution in [0.1, 0.15) is 18.9 Å². The van der Waals surface area contributed by atoms with Crippen LogP contribution in [-0.2, 0) is 4.79 Å². The molecule has 0 radical (unpaired) electrons. The smallest absolute Gasteiger partial charge is 0.262 e. The van der Waals surface area contributed by atoms with Crippen molar-refractivity contribution in [1.29, 1.82) is 0 Å². The third kappa shape index (κ3) is 5.19. The monoisotopic (exact) mass is 329 g/mol. The molecule has 0 atom stereocenters. The zero-order valence-corrected chi connectivity index (χ0v) is 14.3. The number of benzene rings is 2. The van der Waals surface area contributed by atoms with Gasteiger partial charge in [0.2, 0.25) is 0 Å². The summed E-state index contributed by atoms with van der Waals surface area (Å²) in [6, 6.07) is 12.9. The molecule has 0 aromatic heterocycles. The van der Waals surface area contributed by atoms with E-state index in [2.05, 4.69) is 5.32 Å². The summed E-state index contributed by atoms with van der Waals surface area (Å²) >= 11 is 0. The highest BCUT2D eigenvalue weighted by molar-refractivity contribution is 5.93. The quantitative estimate of drug-likeness (QED) is 0.800. The minimum absolute atomic E-state index is 0.0890. The van der Waals surface area contributed by atoms with E-state index in [0.29, 0.717) is 23.8 Å². The van der Waals surface area contributed by atoms with Crippen molar-refractivity contribution in [3.63, 3.8) is 0 Å².